The number of nitrogens with one attached hydrogen (secondary N) is 1. The van der Waals surface area contributed by atoms with E-state index in [2.05, 4.69) is 18.8 Å². The molecule has 1 aromatic carbocycles. The van der Waals surface area contributed by atoms with E-state index in [1.54, 1.807) is 0 Å². The Bertz CT molecular complexity index is 390. The molecule has 3 heteroatoms. The van der Waals surface area contributed by atoms with Gasteiger partial charge in [0, 0.05) is 17.8 Å². The molecule has 0 spiro atoms. The minimum atomic E-state index is 0.408. The van der Waals surface area contributed by atoms with Crippen LogP contribution in [0.25, 0.3) is 0 Å². The Morgan fingerprint density at radius 2 is 1.89 bits per heavy atom. The van der Waals surface area contributed by atoms with Crippen molar-refractivity contribution < 1.29 is 9.47 Å². The highest BCUT2D eigenvalue weighted by atomic mass is 16.5. The number of hydrogen-bond donors (Lipinski definition) is 1. The van der Waals surface area contributed by atoms with Crippen LogP contribution in [0.3, 0.4) is 0 Å². The number of benzene rings is 1. The van der Waals surface area contributed by atoms with Crippen LogP contribution in [-0.4, -0.2) is 19.3 Å². The summed E-state index contributed by atoms with van der Waals surface area (Å²) in [5.74, 6) is 1.60. The normalized spacial score (nSPS) is 11.7. The predicted molar refractivity (Wildman–Crippen MR) is 81.3 cm³/mol. The monoisotopic (exact) mass is 263 g/mol. The van der Waals surface area contributed by atoms with Crippen molar-refractivity contribution in [2.45, 2.75) is 39.7 Å². The first-order chi connectivity index (χ1) is 9.21. The minimum Gasteiger partial charge on any atom is -0.490 e. The van der Waals surface area contributed by atoms with Crippen LogP contribution < -0.4 is 14.8 Å². The fourth-order valence-corrected chi connectivity index (χ4v) is 1.87. The van der Waals surface area contributed by atoms with Gasteiger partial charge in [0.15, 0.2) is 11.5 Å². The van der Waals surface area contributed by atoms with Gasteiger partial charge in [-0.3, -0.25) is 0 Å². The van der Waals surface area contributed by atoms with Gasteiger partial charge in [0.05, 0.1) is 13.2 Å². The molecule has 1 unspecified atom stereocenters. The summed E-state index contributed by atoms with van der Waals surface area (Å²) in [5, 5.41) is 3.46. The molecular formula is C16H25NO2. The van der Waals surface area contributed by atoms with Gasteiger partial charge < -0.3 is 14.8 Å². The topological polar surface area (TPSA) is 30.5 Å². The summed E-state index contributed by atoms with van der Waals surface area (Å²) in [6.45, 7) is 11.1. The molecule has 0 fully saturated rings. The second-order valence-electron chi connectivity index (χ2n) is 4.44. The van der Waals surface area contributed by atoms with Crippen molar-refractivity contribution in [2.75, 3.05) is 18.5 Å². The number of rotatable bonds is 9. The Kier molecular flexibility index (Phi) is 6.86. The first-order valence-electron chi connectivity index (χ1n) is 6.98. The highest BCUT2D eigenvalue weighted by molar-refractivity contribution is 5.55. The van der Waals surface area contributed by atoms with Gasteiger partial charge in [-0.2, -0.15) is 0 Å². The van der Waals surface area contributed by atoms with E-state index in [9.17, 15) is 0 Å². The van der Waals surface area contributed by atoms with Crippen molar-refractivity contribution >= 4 is 5.69 Å². The van der Waals surface area contributed by atoms with Gasteiger partial charge in [-0.1, -0.05) is 6.08 Å². The predicted octanol–water partition coefficient (Wildman–Crippen LogP) is 4.25. The van der Waals surface area contributed by atoms with Gasteiger partial charge in [0.25, 0.3) is 0 Å². The molecule has 0 radical (unpaired) electrons. The summed E-state index contributed by atoms with van der Waals surface area (Å²) >= 11 is 0. The lowest BCUT2D eigenvalue weighted by Crippen LogP contribution is -2.14. The largest absolute Gasteiger partial charge is 0.490 e. The van der Waals surface area contributed by atoms with E-state index < -0.39 is 0 Å². The Morgan fingerprint density at radius 1 is 1.21 bits per heavy atom. The smallest absolute Gasteiger partial charge is 0.163 e. The summed E-state index contributed by atoms with van der Waals surface area (Å²) < 4.78 is 11.2. The SMILES string of the molecule is C=CCCC(C)Nc1ccc(OCC)c(OCC)c1. The Hall–Kier alpha value is -1.64. The van der Waals surface area contributed by atoms with E-state index >= 15 is 0 Å². The van der Waals surface area contributed by atoms with E-state index in [0.29, 0.717) is 19.3 Å². The van der Waals surface area contributed by atoms with Crippen molar-refractivity contribution in [3.63, 3.8) is 0 Å². The van der Waals surface area contributed by atoms with E-state index in [4.69, 9.17) is 9.47 Å². The molecule has 0 aliphatic heterocycles. The zero-order valence-corrected chi connectivity index (χ0v) is 12.2. The molecule has 0 aromatic heterocycles. The van der Waals surface area contributed by atoms with Crippen molar-refractivity contribution in [1.82, 2.24) is 0 Å². The Labute approximate surface area is 116 Å². The van der Waals surface area contributed by atoms with Crippen LogP contribution >= 0.6 is 0 Å². The van der Waals surface area contributed by atoms with Crippen molar-refractivity contribution in [3.05, 3.63) is 30.9 Å². The lowest BCUT2D eigenvalue weighted by Gasteiger charge is -2.17. The van der Waals surface area contributed by atoms with Gasteiger partial charge in [-0.25, -0.2) is 0 Å². The molecular weight excluding hydrogens is 238 g/mol. The highest BCUT2D eigenvalue weighted by Crippen LogP contribution is 2.31. The molecule has 1 rings (SSSR count). The zero-order valence-electron chi connectivity index (χ0n) is 12.2. The number of ether oxygens (including phenoxy) is 2. The Balaban J connectivity index is 2.73. The van der Waals surface area contributed by atoms with E-state index in [0.717, 1.165) is 30.0 Å². The average molecular weight is 263 g/mol. The second-order valence-corrected chi connectivity index (χ2v) is 4.44. The quantitative estimate of drug-likeness (QED) is 0.676. The van der Waals surface area contributed by atoms with Gasteiger partial charge in [0.1, 0.15) is 0 Å². The molecule has 0 bridgehead atoms. The number of allylic oxidation sites excluding steroid dienone is 1. The zero-order chi connectivity index (χ0) is 14.1. The minimum absolute atomic E-state index is 0.408. The third kappa shape index (κ3) is 5.25. The first kappa shape index (κ1) is 15.4. The average Bonchev–Trinajstić information content (AvgIpc) is 2.40. The maximum atomic E-state index is 5.61. The maximum absolute atomic E-state index is 5.61. The summed E-state index contributed by atoms with van der Waals surface area (Å²) in [6, 6.07) is 6.39. The number of anilines is 1. The van der Waals surface area contributed by atoms with Crippen molar-refractivity contribution in [1.29, 1.82) is 0 Å². The van der Waals surface area contributed by atoms with Crippen LogP contribution in [0, 0.1) is 0 Å². The van der Waals surface area contributed by atoms with E-state index in [-0.39, 0.29) is 0 Å². The summed E-state index contributed by atoms with van der Waals surface area (Å²) in [6.07, 6.45) is 4.03. The van der Waals surface area contributed by atoms with Crippen molar-refractivity contribution in [3.8, 4) is 11.5 Å². The fraction of sp³-hybridized carbons (Fsp3) is 0.500. The highest BCUT2D eigenvalue weighted by Gasteiger charge is 2.07. The summed E-state index contributed by atoms with van der Waals surface area (Å²) in [7, 11) is 0. The van der Waals surface area contributed by atoms with E-state index in [1.165, 1.54) is 0 Å². The molecule has 0 saturated carbocycles. The molecule has 0 aliphatic carbocycles. The number of hydrogen-bond acceptors (Lipinski definition) is 3. The van der Waals surface area contributed by atoms with Crippen LogP contribution in [0.5, 0.6) is 11.5 Å². The second kappa shape index (κ2) is 8.46. The van der Waals surface area contributed by atoms with Gasteiger partial charge in [-0.05, 0) is 45.7 Å². The van der Waals surface area contributed by atoms with Crippen LogP contribution in [0.1, 0.15) is 33.6 Å². The molecule has 19 heavy (non-hydrogen) atoms. The molecule has 106 valence electrons. The molecule has 0 amide bonds. The van der Waals surface area contributed by atoms with Crippen molar-refractivity contribution in [2.24, 2.45) is 0 Å². The molecule has 0 heterocycles. The van der Waals surface area contributed by atoms with Crippen LogP contribution in [0.4, 0.5) is 5.69 Å². The fourth-order valence-electron chi connectivity index (χ4n) is 1.87. The summed E-state index contributed by atoms with van der Waals surface area (Å²) in [5.41, 5.74) is 1.06. The lowest BCUT2D eigenvalue weighted by atomic mass is 10.1. The molecule has 1 atom stereocenters. The van der Waals surface area contributed by atoms with Gasteiger partial charge >= 0.3 is 0 Å². The van der Waals surface area contributed by atoms with Crippen LogP contribution in [0.15, 0.2) is 30.9 Å². The molecule has 0 aliphatic rings. The first-order valence-corrected chi connectivity index (χ1v) is 6.98. The van der Waals surface area contributed by atoms with Gasteiger partial charge in [0.2, 0.25) is 0 Å². The Morgan fingerprint density at radius 3 is 2.53 bits per heavy atom. The standard InChI is InChI=1S/C16H25NO2/c1-5-8-9-13(4)17-14-10-11-15(18-6-2)16(12-14)19-7-3/h5,10-13,17H,1,6-9H2,2-4H3. The molecule has 0 saturated heterocycles. The van der Waals surface area contributed by atoms with Crippen LogP contribution in [0.2, 0.25) is 0 Å². The maximum Gasteiger partial charge on any atom is 0.163 e. The van der Waals surface area contributed by atoms with E-state index in [1.807, 2.05) is 38.1 Å². The molecule has 1 aromatic rings. The molecule has 3 nitrogen and oxygen atoms in total. The third-order valence-electron chi connectivity index (χ3n) is 2.76. The van der Waals surface area contributed by atoms with Gasteiger partial charge in [-0.15, -0.1) is 6.58 Å². The third-order valence-corrected chi connectivity index (χ3v) is 2.76. The van der Waals surface area contributed by atoms with Crippen LogP contribution in [-0.2, 0) is 0 Å². The lowest BCUT2D eigenvalue weighted by molar-refractivity contribution is 0.288. The molecule has 1 N–H and O–H groups in total. The summed E-state index contributed by atoms with van der Waals surface area (Å²) in [4.78, 5) is 0.